The summed E-state index contributed by atoms with van der Waals surface area (Å²) in [5.74, 6) is 0. The molecule has 0 unspecified atom stereocenters. The Labute approximate surface area is 197 Å². The average molecular weight is 1160 g/mol. The first-order chi connectivity index (χ1) is 8.52. The molecule has 0 atom stereocenters. The van der Waals surface area contributed by atoms with E-state index >= 15 is 0 Å². The van der Waals surface area contributed by atoms with Gasteiger partial charge in [-0.3, -0.25) is 0 Å². The Hall–Kier alpha value is 4.22. The fourth-order valence-corrected chi connectivity index (χ4v) is 6.06. The van der Waals surface area contributed by atoms with Crippen LogP contribution in [0.1, 0.15) is 41.5 Å². The van der Waals surface area contributed by atoms with E-state index in [1.807, 2.05) is 0 Å². The molecule has 0 rings (SSSR count). The maximum atomic E-state index is 4.93. The van der Waals surface area contributed by atoms with E-state index in [2.05, 4.69) is 41.5 Å². The van der Waals surface area contributed by atoms with Gasteiger partial charge in [-0.25, -0.2) is 0 Å². The van der Waals surface area contributed by atoms with Crippen molar-refractivity contribution >= 4 is 121 Å². The van der Waals surface area contributed by atoms with Crippen molar-refractivity contribution in [2.45, 2.75) is 41.5 Å². The summed E-state index contributed by atoms with van der Waals surface area (Å²) in [6.07, 6.45) is 0. The van der Waals surface area contributed by atoms with Crippen LogP contribution >= 0.6 is 17.0 Å². The van der Waals surface area contributed by atoms with Crippen molar-refractivity contribution in [2.24, 2.45) is 0 Å². The second kappa shape index (κ2) is 18.6. The van der Waals surface area contributed by atoms with Gasteiger partial charge in [0.25, 0.3) is 0 Å². The molecule has 0 saturated carbocycles. The van der Waals surface area contributed by atoms with Gasteiger partial charge in [-0.1, -0.05) is 0 Å². The maximum absolute atomic E-state index is 4.93. The molecule has 0 nitrogen and oxygen atoms in total. The molecular formula is C12H18Bi4Cl2Zr. The van der Waals surface area contributed by atoms with Crippen LogP contribution in [0.15, 0.2) is 17.7 Å². The van der Waals surface area contributed by atoms with Crippen molar-refractivity contribution in [3.05, 3.63) is 17.7 Å². The van der Waals surface area contributed by atoms with Gasteiger partial charge in [-0.05, 0) is 0 Å². The van der Waals surface area contributed by atoms with Gasteiger partial charge in [0, 0.05) is 0 Å². The molecule has 0 aliphatic carbocycles. The summed E-state index contributed by atoms with van der Waals surface area (Å²) in [5.41, 5.74) is 3.07. The molecule has 0 bridgehead atoms. The molecule has 7 heteroatoms. The van der Waals surface area contributed by atoms with Gasteiger partial charge in [-0.2, -0.15) is 0 Å². The van der Waals surface area contributed by atoms with Gasteiger partial charge in [0.05, 0.1) is 0 Å². The first kappa shape index (κ1) is 28.0. The van der Waals surface area contributed by atoms with E-state index in [1.54, 1.807) is 13.0 Å². The van der Waals surface area contributed by atoms with Gasteiger partial charge in [0.1, 0.15) is 0 Å². The molecule has 0 spiro atoms. The van der Waals surface area contributed by atoms with Crippen LogP contribution in [0.5, 0.6) is 0 Å². The zero-order chi connectivity index (χ0) is 16.2. The first-order valence-electron chi connectivity index (χ1n) is 5.27. The predicted octanol–water partition coefficient (Wildman–Crippen LogP) is 3.00. The van der Waals surface area contributed by atoms with E-state index in [4.69, 9.17) is 17.0 Å². The van der Waals surface area contributed by atoms with Crippen molar-refractivity contribution in [1.82, 2.24) is 0 Å². The average Bonchev–Trinajstić information content (AvgIpc) is 2.28. The second-order valence-corrected chi connectivity index (χ2v) is 17.8. The first-order valence-corrected chi connectivity index (χ1v) is 18.6. The van der Waals surface area contributed by atoms with E-state index < -0.39 is 20.8 Å². The third-order valence-corrected chi connectivity index (χ3v) is 7.39. The molecule has 0 fully saturated rings. The molecule has 0 aromatic carbocycles. The van der Waals surface area contributed by atoms with Gasteiger partial charge in [0.15, 0.2) is 0 Å². The minimum atomic E-state index is -0.826. The standard InChI is InChI=1S/2C6H9.4Bi.2ClH.Zr/c2*1-4-6(3)5-2;;;;;;;/h2*1-3H3;;;;;2*1H;/q;;;;;;;;+2/p-2. The normalized spacial score (nSPS) is 11.7. The number of allylic oxidation sites excluding steroid dienone is 4. The molecule has 0 amide bonds. The van der Waals surface area contributed by atoms with Crippen LogP contribution in [0.25, 0.3) is 0 Å². The van der Waals surface area contributed by atoms with Crippen LogP contribution in [-0.2, 0) is 20.8 Å². The van der Waals surface area contributed by atoms with Crippen LogP contribution in [-0.4, -0.2) is 104 Å². The SMILES string of the molecule is C[C](=[Bi])/C(C)=[C](/C)[Bi].C[C](=[Bi])/C(C)=[C](/C)[Bi].[Cl][Zr][Cl]. The van der Waals surface area contributed by atoms with Crippen molar-refractivity contribution < 1.29 is 20.8 Å². The van der Waals surface area contributed by atoms with Crippen LogP contribution in [0.3, 0.4) is 0 Å². The van der Waals surface area contributed by atoms with Gasteiger partial charge in [-0.15, -0.1) is 0 Å². The van der Waals surface area contributed by atoms with Crippen LogP contribution in [0.2, 0.25) is 0 Å². The summed E-state index contributed by atoms with van der Waals surface area (Å²) in [6.45, 7) is 13.3. The van der Waals surface area contributed by atoms with E-state index in [-0.39, 0.29) is 0 Å². The zero-order valence-corrected chi connectivity index (χ0v) is 29.9. The summed E-state index contributed by atoms with van der Waals surface area (Å²) < 4.78 is 6.24. The summed E-state index contributed by atoms with van der Waals surface area (Å²) in [5, 5.41) is 0. The van der Waals surface area contributed by atoms with Gasteiger partial charge in [0.2, 0.25) is 0 Å². The zero-order valence-electron chi connectivity index (χ0n) is 12.0. The van der Waals surface area contributed by atoms with E-state index in [0.717, 1.165) is 0 Å². The molecule has 0 aliphatic heterocycles. The quantitative estimate of drug-likeness (QED) is 0.374. The van der Waals surface area contributed by atoms with Crippen molar-refractivity contribution in [1.29, 1.82) is 0 Å². The van der Waals surface area contributed by atoms with Gasteiger partial charge >= 0.3 is 201 Å². The molecule has 0 saturated heterocycles. The van der Waals surface area contributed by atoms with Crippen molar-refractivity contribution in [3.63, 3.8) is 0 Å². The van der Waals surface area contributed by atoms with E-state index in [0.29, 0.717) is 0 Å². The number of rotatable bonds is 2. The summed E-state index contributed by atoms with van der Waals surface area (Å²) >= 11 is 4.83. The molecule has 0 N–H and O–H groups in total. The van der Waals surface area contributed by atoms with E-state index in [1.165, 1.54) is 109 Å². The fourth-order valence-electron chi connectivity index (χ4n) is 0.524. The second-order valence-electron chi connectivity index (χ2n) is 3.66. The Bertz CT molecular complexity index is 321. The Balaban J connectivity index is -0.000000224. The van der Waals surface area contributed by atoms with Crippen LogP contribution in [0, 0.1) is 0 Å². The Morgan fingerprint density at radius 2 is 0.842 bits per heavy atom. The number of halogens is 2. The molecule has 0 heterocycles. The molecule has 104 valence electrons. The summed E-state index contributed by atoms with van der Waals surface area (Å²) in [6, 6.07) is 0. The molecule has 19 heavy (non-hydrogen) atoms. The van der Waals surface area contributed by atoms with E-state index in [9.17, 15) is 0 Å². The summed E-state index contributed by atoms with van der Waals surface area (Å²) in [7, 11) is 9.87. The topological polar surface area (TPSA) is 0 Å². The van der Waals surface area contributed by atoms with Crippen LogP contribution in [0.4, 0.5) is 0 Å². The fraction of sp³-hybridized carbons (Fsp3) is 0.500. The molecular weight excluding hydrogens is 1140 g/mol. The minimum absolute atomic E-state index is 0.826. The summed E-state index contributed by atoms with van der Waals surface area (Å²) in [4.78, 5) is 0. The van der Waals surface area contributed by atoms with Crippen LogP contribution < -0.4 is 0 Å². The van der Waals surface area contributed by atoms with Gasteiger partial charge < -0.3 is 0 Å². The molecule has 6 radical (unpaired) electrons. The van der Waals surface area contributed by atoms with Crippen molar-refractivity contribution in [3.8, 4) is 0 Å². The third-order valence-electron chi connectivity index (χ3n) is 2.17. The van der Waals surface area contributed by atoms with Crippen molar-refractivity contribution in [2.75, 3.05) is 0 Å². The Kier molecular flexibility index (Phi) is 27.4. The molecule has 0 aromatic rings. The Morgan fingerprint density at radius 3 is 0.842 bits per heavy atom. The third kappa shape index (κ3) is 22.2. The predicted molar refractivity (Wildman–Crippen MR) is 92.8 cm³/mol. The number of hydrogen-bond acceptors (Lipinski definition) is 0. The Morgan fingerprint density at radius 1 is 0.684 bits per heavy atom. The monoisotopic (exact) mass is 1160 g/mol. The molecule has 0 aliphatic rings. The molecule has 0 aromatic heterocycles. The number of hydrogen-bond donors (Lipinski definition) is 0.